The molecular formula is C8H12ClNO2. The van der Waals surface area contributed by atoms with E-state index in [0.717, 1.165) is 19.4 Å². The Hall–Kier alpha value is -0.700. The third-order valence-electron chi connectivity index (χ3n) is 2.51. The third-order valence-corrected chi connectivity index (χ3v) is 2.51. The summed E-state index contributed by atoms with van der Waals surface area (Å²) < 4.78 is 0. The summed E-state index contributed by atoms with van der Waals surface area (Å²) >= 11 is 0. The lowest BCUT2D eigenvalue weighted by Crippen LogP contribution is -2.49. The van der Waals surface area contributed by atoms with Crippen molar-refractivity contribution in [1.82, 2.24) is 4.90 Å². The summed E-state index contributed by atoms with van der Waals surface area (Å²) in [5.74, 6) is -0.769. The fraction of sp³-hybridized carbons (Fsp3) is 0.625. The van der Waals surface area contributed by atoms with Gasteiger partial charge in [0.1, 0.15) is 5.70 Å². The summed E-state index contributed by atoms with van der Waals surface area (Å²) in [7, 11) is 0. The van der Waals surface area contributed by atoms with Crippen molar-refractivity contribution in [1.29, 1.82) is 0 Å². The van der Waals surface area contributed by atoms with Gasteiger partial charge in [-0.25, -0.2) is 4.79 Å². The molecule has 1 N–H and O–H groups in total. The molecule has 0 aromatic rings. The molecule has 3 nitrogen and oxygen atoms in total. The molecule has 0 aromatic carbocycles. The number of hydrogen-bond acceptors (Lipinski definition) is 2. The topological polar surface area (TPSA) is 40.5 Å². The number of carboxylic acid groups (broad SMARTS) is 1. The number of halogens is 1. The molecule has 0 aliphatic carbocycles. The molecular weight excluding hydrogens is 178 g/mol. The highest BCUT2D eigenvalue weighted by Gasteiger charge is 2.34. The molecule has 0 bridgehead atoms. The van der Waals surface area contributed by atoms with Gasteiger partial charge in [-0.3, -0.25) is 0 Å². The predicted molar refractivity (Wildman–Crippen MR) is 47.3 cm³/mol. The fourth-order valence-electron chi connectivity index (χ4n) is 1.80. The Balaban J connectivity index is 0.000000720. The van der Waals surface area contributed by atoms with E-state index in [0.29, 0.717) is 11.7 Å². The van der Waals surface area contributed by atoms with Crippen LogP contribution < -0.4 is 0 Å². The SMILES string of the molecule is Cl.O=C(O)C1=CCCC2CCN12. The van der Waals surface area contributed by atoms with E-state index in [-0.39, 0.29) is 12.4 Å². The van der Waals surface area contributed by atoms with Gasteiger partial charge in [0.05, 0.1) is 0 Å². The van der Waals surface area contributed by atoms with Gasteiger partial charge in [-0.15, -0.1) is 12.4 Å². The Labute approximate surface area is 77.5 Å². The quantitative estimate of drug-likeness (QED) is 0.675. The number of carbonyl (C=O) groups is 1. The molecule has 0 amide bonds. The lowest BCUT2D eigenvalue weighted by molar-refractivity contribution is -0.136. The van der Waals surface area contributed by atoms with Crippen LogP contribution in [0.5, 0.6) is 0 Å². The highest BCUT2D eigenvalue weighted by molar-refractivity contribution is 5.86. The van der Waals surface area contributed by atoms with Gasteiger partial charge < -0.3 is 10.0 Å². The van der Waals surface area contributed by atoms with Gasteiger partial charge in [0.25, 0.3) is 0 Å². The van der Waals surface area contributed by atoms with Crippen molar-refractivity contribution in [3.8, 4) is 0 Å². The first-order chi connectivity index (χ1) is 5.29. The minimum atomic E-state index is -0.769. The second-order valence-corrected chi connectivity index (χ2v) is 3.11. The van der Waals surface area contributed by atoms with E-state index in [1.807, 2.05) is 11.0 Å². The summed E-state index contributed by atoms with van der Waals surface area (Å²) in [6, 6.07) is 0.533. The van der Waals surface area contributed by atoms with Crippen LogP contribution >= 0.6 is 12.4 Å². The number of fused-ring (bicyclic) bond motifs is 1. The molecule has 2 aliphatic heterocycles. The maximum Gasteiger partial charge on any atom is 0.351 e. The lowest BCUT2D eigenvalue weighted by Gasteiger charge is -2.45. The molecule has 0 spiro atoms. The zero-order valence-corrected chi connectivity index (χ0v) is 7.51. The smallest absolute Gasteiger partial charge is 0.351 e. The molecule has 2 rings (SSSR count). The van der Waals surface area contributed by atoms with Gasteiger partial charge in [0.2, 0.25) is 0 Å². The average Bonchev–Trinajstić information content (AvgIpc) is 1.90. The second kappa shape index (κ2) is 3.35. The molecule has 4 heteroatoms. The number of aliphatic carboxylic acids is 1. The molecule has 1 atom stereocenters. The van der Waals surface area contributed by atoms with Gasteiger partial charge in [-0.05, 0) is 19.3 Å². The van der Waals surface area contributed by atoms with E-state index in [2.05, 4.69) is 0 Å². The monoisotopic (exact) mass is 189 g/mol. The molecule has 0 saturated carbocycles. The Morgan fingerprint density at radius 1 is 1.58 bits per heavy atom. The number of hydrogen-bond donors (Lipinski definition) is 1. The van der Waals surface area contributed by atoms with Gasteiger partial charge in [-0.1, -0.05) is 6.08 Å². The minimum absolute atomic E-state index is 0. The van der Waals surface area contributed by atoms with Crippen LogP contribution in [0.2, 0.25) is 0 Å². The summed E-state index contributed by atoms with van der Waals surface area (Å²) in [6.45, 7) is 0.933. The van der Waals surface area contributed by atoms with Gasteiger partial charge >= 0.3 is 5.97 Å². The van der Waals surface area contributed by atoms with Crippen LogP contribution in [0.3, 0.4) is 0 Å². The van der Waals surface area contributed by atoms with Crippen LogP contribution in [0.1, 0.15) is 19.3 Å². The van der Waals surface area contributed by atoms with Crippen LogP contribution in [-0.2, 0) is 4.79 Å². The van der Waals surface area contributed by atoms with Crippen molar-refractivity contribution in [3.63, 3.8) is 0 Å². The summed E-state index contributed by atoms with van der Waals surface area (Å²) in [4.78, 5) is 12.6. The predicted octanol–water partition coefficient (Wildman–Crippen LogP) is 1.24. The van der Waals surface area contributed by atoms with Crippen LogP contribution in [0.4, 0.5) is 0 Å². The third kappa shape index (κ3) is 1.29. The fourth-order valence-corrected chi connectivity index (χ4v) is 1.80. The first kappa shape index (κ1) is 9.39. The van der Waals surface area contributed by atoms with Gasteiger partial charge in [0, 0.05) is 12.6 Å². The van der Waals surface area contributed by atoms with E-state index < -0.39 is 5.97 Å². The standard InChI is InChI=1S/C8H11NO2.ClH/c10-8(11)7-3-1-2-6-4-5-9(6)7;/h3,6H,1-2,4-5H2,(H,10,11);1H. The van der Waals surface area contributed by atoms with E-state index >= 15 is 0 Å². The van der Waals surface area contributed by atoms with Crippen LogP contribution in [-0.4, -0.2) is 28.6 Å². The maximum atomic E-state index is 10.6. The Morgan fingerprint density at radius 2 is 2.33 bits per heavy atom. The summed E-state index contributed by atoms with van der Waals surface area (Å²) in [6.07, 6.45) is 5.07. The van der Waals surface area contributed by atoms with Crippen molar-refractivity contribution in [2.75, 3.05) is 6.54 Å². The highest BCUT2D eigenvalue weighted by Crippen LogP contribution is 2.30. The molecule has 2 aliphatic rings. The van der Waals surface area contributed by atoms with Crippen molar-refractivity contribution < 1.29 is 9.90 Å². The Bertz CT molecular complexity index is 227. The van der Waals surface area contributed by atoms with E-state index in [4.69, 9.17) is 5.11 Å². The zero-order chi connectivity index (χ0) is 7.84. The molecule has 0 radical (unpaired) electrons. The van der Waals surface area contributed by atoms with Crippen molar-refractivity contribution in [2.24, 2.45) is 0 Å². The first-order valence-corrected chi connectivity index (χ1v) is 3.99. The molecule has 2 heterocycles. The van der Waals surface area contributed by atoms with E-state index in [9.17, 15) is 4.79 Å². The first-order valence-electron chi connectivity index (χ1n) is 3.99. The van der Waals surface area contributed by atoms with E-state index in [1.54, 1.807) is 0 Å². The van der Waals surface area contributed by atoms with Crippen molar-refractivity contribution in [2.45, 2.75) is 25.3 Å². The van der Waals surface area contributed by atoms with Gasteiger partial charge in [-0.2, -0.15) is 0 Å². The Morgan fingerprint density at radius 3 is 2.75 bits per heavy atom. The lowest BCUT2D eigenvalue weighted by atomic mass is 9.93. The highest BCUT2D eigenvalue weighted by atomic mass is 35.5. The Kier molecular flexibility index (Phi) is 2.62. The van der Waals surface area contributed by atoms with E-state index in [1.165, 1.54) is 6.42 Å². The van der Waals surface area contributed by atoms with Crippen molar-refractivity contribution >= 4 is 18.4 Å². The van der Waals surface area contributed by atoms with Crippen LogP contribution in [0, 0.1) is 0 Å². The maximum absolute atomic E-state index is 10.6. The summed E-state index contributed by atoms with van der Waals surface area (Å²) in [5, 5.41) is 8.75. The minimum Gasteiger partial charge on any atom is -0.477 e. The van der Waals surface area contributed by atoms with Crippen LogP contribution in [0.25, 0.3) is 0 Å². The molecule has 12 heavy (non-hydrogen) atoms. The van der Waals surface area contributed by atoms with Gasteiger partial charge in [0.15, 0.2) is 0 Å². The largest absolute Gasteiger partial charge is 0.477 e. The number of carboxylic acids is 1. The molecule has 1 unspecified atom stereocenters. The number of allylic oxidation sites excluding steroid dienone is 1. The molecule has 1 saturated heterocycles. The summed E-state index contributed by atoms with van der Waals surface area (Å²) in [5.41, 5.74) is 0.521. The second-order valence-electron chi connectivity index (χ2n) is 3.11. The molecule has 1 fully saturated rings. The number of rotatable bonds is 1. The normalized spacial score (nSPS) is 26.2. The average molecular weight is 190 g/mol. The molecule has 68 valence electrons. The number of nitrogens with zero attached hydrogens (tertiary/aromatic N) is 1. The van der Waals surface area contributed by atoms with Crippen LogP contribution in [0.15, 0.2) is 11.8 Å². The van der Waals surface area contributed by atoms with Crippen molar-refractivity contribution in [3.05, 3.63) is 11.8 Å². The zero-order valence-electron chi connectivity index (χ0n) is 6.69. The molecule has 0 aromatic heterocycles.